The van der Waals surface area contributed by atoms with Crippen molar-refractivity contribution >= 4 is 0 Å². The van der Waals surface area contributed by atoms with E-state index in [2.05, 4.69) is 79.7 Å². The molecule has 0 aliphatic carbocycles. The SMILES string of the molecule is CC(C)/C=C\C(C)(C)/C=C\C(C)(C)CCC(C)C. The van der Waals surface area contributed by atoms with Gasteiger partial charge in [0.15, 0.2) is 0 Å². The highest BCUT2D eigenvalue weighted by atomic mass is 14.2. The summed E-state index contributed by atoms with van der Waals surface area (Å²) in [5, 5.41) is 0. The Kier molecular flexibility index (Phi) is 6.96. The van der Waals surface area contributed by atoms with Gasteiger partial charge in [-0.1, -0.05) is 86.1 Å². The normalized spacial score (nSPS) is 14.6. The van der Waals surface area contributed by atoms with Gasteiger partial charge in [-0.25, -0.2) is 0 Å². The maximum Gasteiger partial charge on any atom is 0.000470 e. The van der Waals surface area contributed by atoms with Crippen LogP contribution in [0.5, 0.6) is 0 Å². The Balaban J connectivity index is 4.50. The lowest BCUT2D eigenvalue weighted by Gasteiger charge is -2.24. The van der Waals surface area contributed by atoms with Gasteiger partial charge in [-0.15, -0.1) is 0 Å². The van der Waals surface area contributed by atoms with Crippen LogP contribution in [0.3, 0.4) is 0 Å². The zero-order valence-corrected chi connectivity index (χ0v) is 13.9. The first-order valence-corrected chi connectivity index (χ1v) is 7.44. The van der Waals surface area contributed by atoms with Gasteiger partial charge in [0.05, 0.1) is 0 Å². The topological polar surface area (TPSA) is 0 Å². The van der Waals surface area contributed by atoms with Crippen molar-refractivity contribution in [3.63, 3.8) is 0 Å². The lowest BCUT2D eigenvalue weighted by molar-refractivity contribution is 0.380. The predicted octanol–water partition coefficient (Wildman–Crippen LogP) is 6.24. The minimum atomic E-state index is 0.166. The molecule has 0 aliphatic heterocycles. The van der Waals surface area contributed by atoms with Crippen LogP contribution in [0.25, 0.3) is 0 Å². The summed E-state index contributed by atoms with van der Waals surface area (Å²) in [6.07, 6.45) is 12.0. The molecule has 0 heterocycles. The second-order valence-corrected chi connectivity index (χ2v) is 7.68. The minimum absolute atomic E-state index is 0.166. The molecular formula is C18H34. The zero-order chi connectivity index (χ0) is 14.4. The molecule has 0 aromatic heterocycles. The molecule has 0 N–H and O–H groups in total. The van der Waals surface area contributed by atoms with Crippen molar-refractivity contribution in [2.75, 3.05) is 0 Å². The minimum Gasteiger partial charge on any atom is -0.0851 e. The highest BCUT2D eigenvalue weighted by Gasteiger charge is 2.17. The Morgan fingerprint density at radius 3 is 1.83 bits per heavy atom. The molecule has 0 radical (unpaired) electrons. The molecule has 0 bridgehead atoms. The van der Waals surface area contributed by atoms with Crippen molar-refractivity contribution in [1.29, 1.82) is 0 Å². The number of allylic oxidation sites excluding steroid dienone is 4. The van der Waals surface area contributed by atoms with E-state index in [0.29, 0.717) is 11.3 Å². The van der Waals surface area contributed by atoms with Gasteiger partial charge in [0.25, 0.3) is 0 Å². The number of hydrogen-bond acceptors (Lipinski definition) is 0. The molecule has 0 spiro atoms. The maximum atomic E-state index is 2.40. The summed E-state index contributed by atoms with van der Waals surface area (Å²) in [5.41, 5.74) is 0.479. The third-order valence-corrected chi connectivity index (χ3v) is 3.24. The Morgan fingerprint density at radius 2 is 1.39 bits per heavy atom. The highest BCUT2D eigenvalue weighted by molar-refractivity contribution is 5.10. The number of rotatable bonds is 7. The van der Waals surface area contributed by atoms with E-state index in [9.17, 15) is 0 Å². The Morgan fingerprint density at radius 1 is 0.833 bits per heavy atom. The molecule has 0 aliphatic rings. The first kappa shape index (κ1) is 17.5. The van der Waals surface area contributed by atoms with Gasteiger partial charge in [0.2, 0.25) is 0 Å². The molecule has 0 amide bonds. The monoisotopic (exact) mass is 250 g/mol. The van der Waals surface area contributed by atoms with E-state index < -0.39 is 0 Å². The highest BCUT2D eigenvalue weighted by Crippen LogP contribution is 2.29. The van der Waals surface area contributed by atoms with Crippen molar-refractivity contribution < 1.29 is 0 Å². The summed E-state index contributed by atoms with van der Waals surface area (Å²) in [6.45, 7) is 18.3. The largest absolute Gasteiger partial charge is 0.0851 e. The molecule has 0 saturated carbocycles. The van der Waals surface area contributed by atoms with E-state index in [0.717, 1.165) is 5.92 Å². The fourth-order valence-corrected chi connectivity index (χ4v) is 1.68. The van der Waals surface area contributed by atoms with Crippen LogP contribution in [0.2, 0.25) is 0 Å². The zero-order valence-electron chi connectivity index (χ0n) is 13.9. The average molecular weight is 250 g/mol. The van der Waals surface area contributed by atoms with Crippen molar-refractivity contribution in [2.45, 2.75) is 68.2 Å². The second-order valence-electron chi connectivity index (χ2n) is 7.68. The quantitative estimate of drug-likeness (QED) is 0.469. The van der Waals surface area contributed by atoms with E-state index in [1.165, 1.54) is 12.8 Å². The second kappa shape index (κ2) is 7.16. The van der Waals surface area contributed by atoms with E-state index >= 15 is 0 Å². The van der Waals surface area contributed by atoms with Crippen LogP contribution in [-0.2, 0) is 0 Å². The molecule has 0 unspecified atom stereocenters. The van der Waals surface area contributed by atoms with Gasteiger partial charge in [0, 0.05) is 5.41 Å². The van der Waals surface area contributed by atoms with Gasteiger partial charge < -0.3 is 0 Å². The average Bonchev–Trinajstić information content (AvgIpc) is 2.22. The van der Waals surface area contributed by atoms with Crippen molar-refractivity contribution in [3.05, 3.63) is 24.3 Å². The summed E-state index contributed by atoms with van der Waals surface area (Å²) in [7, 11) is 0. The smallest absolute Gasteiger partial charge is 0.000470 e. The van der Waals surface area contributed by atoms with Crippen molar-refractivity contribution in [3.8, 4) is 0 Å². The van der Waals surface area contributed by atoms with Crippen LogP contribution in [0.15, 0.2) is 24.3 Å². The maximum absolute atomic E-state index is 2.40. The van der Waals surface area contributed by atoms with Crippen LogP contribution >= 0.6 is 0 Å². The fourth-order valence-electron chi connectivity index (χ4n) is 1.68. The summed E-state index contributed by atoms with van der Waals surface area (Å²) in [6, 6.07) is 0. The van der Waals surface area contributed by atoms with Crippen LogP contribution in [-0.4, -0.2) is 0 Å². The number of hydrogen-bond donors (Lipinski definition) is 0. The van der Waals surface area contributed by atoms with Gasteiger partial charge in [-0.3, -0.25) is 0 Å². The van der Waals surface area contributed by atoms with Crippen molar-refractivity contribution in [1.82, 2.24) is 0 Å². The van der Waals surface area contributed by atoms with E-state index in [4.69, 9.17) is 0 Å². The van der Waals surface area contributed by atoms with Crippen LogP contribution < -0.4 is 0 Å². The molecule has 0 aromatic rings. The van der Waals surface area contributed by atoms with Gasteiger partial charge in [0.1, 0.15) is 0 Å². The molecule has 0 aromatic carbocycles. The third kappa shape index (κ3) is 9.50. The van der Waals surface area contributed by atoms with E-state index in [1.54, 1.807) is 0 Å². The first-order valence-electron chi connectivity index (χ1n) is 7.44. The summed E-state index contributed by atoms with van der Waals surface area (Å²) < 4.78 is 0. The Labute approximate surface area is 116 Å². The van der Waals surface area contributed by atoms with Crippen molar-refractivity contribution in [2.24, 2.45) is 22.7 Å². The third-order valence-electron chi connectivity index (χ3n) is 3.24. The molecular weight excluding hydrogens is 216 g/mol. The predicted molar refractivity (Wildman–Crippen MR) is 84.8 cm³/mol. The summed E-state index contributed by atoms with van der Waals surface area (Å²) in [4.78, 5) is 0. The standard InChI is InChI=1S/C18H34/c1-15(2)9-11-17(5,6)13-14-18(7,8)12-10-16(3)4/h9,11,13-16H,10,12H2,1-8H3/b11-9-,14-13-. The fraction of sp³-hybridized carbons (Fsp3) is 0.778. The Hall–Kier alpha value is -0.520. The van der Waals surface area contributed by atoms with Gasteiger partial charge in [-0.05, 0) is 23.7 Å². The molecule has 0 atom stereocenters. The molecule has 106 valence electrons. The molecule has 0 fully saturated rings. The van der Waals surface area contributed by atoms with E-state index in [-0.39, 0.29) is 5.41 Å². The molecule has 0 saturated heterocycles. The Bertz CT molecular complexity index is 274. The van der Waals surface area contributed by atoms with Gasteiger partial charge >= 0.3 is 0 Å². The molecule has 0 rings (SSSR count). The van der Waals surface area contributed by atoms with E-state index in [1.807, 2.05) is 0 Å². The van der Waals surface area contributed by atoms with Crippen LogP contribution in [0, 0.1) is 22.7 Å². The molecule has 0 heteroatoms. The summed E-state index contributed by atoms with van der Waals surface area (Å²) in [5.74, 6) is 1.43. The first-order chi connectivity index (χ1) is 8.04. The lowest BCUT2D eigenvalue weighted by atomic mass is 9.81. The molecule has 0 nitrogen and oxygen atoms in total. The van der Waals surface area contributed by atoms with Crippen LogP contribution in [0.1, 0.15) is 68.2 Å². The lowest BCUT2D eigenvalue weighted by Crippen LogP contribution is -2.11. The van der Waals surface area contributed by atoms with Gasteiger partial charge in [-0.2, -0.15) is 0 Å². The molecule has 18 heavy (non-hydrogen) atoms. The summed E-state index contributed by atoms with van der Waals surface area (Å²) >= 11 is 0. The van der Waals surface area contributed by atoms with Crippen LogP contribution in [0.4, 0.5) is 0 Å².